The maximum atomic E-state index is 14.2. The number of fused-ring (bicyclic) bond motifs is 1. The minimum Gasteiger partial charge on any atom is -0.459 e. The number of benzene rings is 1. The Balaban J connectivity index is 1.81. The van der Waals surface area contributed by atoms with Gasteiger partial charge in [0, 0.05) is 6.20 Å². The highest BCUT2D eigenvalue weighted by atomic mass is 19.1. The van der Waals surface area contributed by atoms with Gasteiger partial charge in [-0.3, -0.25) is 14.2 Å². The van der Waals surface area contributed by atoms with Crippen LogP contribution in [0.15, 0.2) is 64.1 Å². The van der Waals surface area contributed by atoms with Crippen LogP contribution in [0.3, 0.4) is 0 Å². The molecule has 8 heteroatoms. The van der Waals surface area contributed by atoms with Gasteiger partial charge >= 0.3 is 0 Å². The lowest BCUT2D eigenvalue weighted by atomic mass is 10.2. The van der Waals surface area contributed by atoms with Crippen LogP contribution in [0, 0.1) is 12.7 Å². The fourth-order valence-electron chi connectivity index (χ4n) is 2.77. The SMILES string of the molecule is Cc1nc2ncccc2c(=O)n1-c1ccc(F)c(NC(=O)c2ccco2)c1. The van der Waals surface area contributed by atoms with Crippen molar-refractivity contribution in [1.29, 1.82) is 0 Å². The number of carbonyl (C=O) groups excluding carboxylic acids is 1. The second-order valence-electron chi connectivity index (χ2n) is 5.77. The Bertz CT molecular complexity index is 1220. The van der Waals surface area contributed by atoms with Gasteiger partial charge in [0.25, 0.3) is 11.5 Å². The average Bonchev–Trinajstić information content (AvgIpc) is 3.19. The molecule has 7 nitrogen and oxygen atoms in total. The summed E-state index contributed by atoms with van der Waals surface area (Å²) in [5.41, 5.74) is 0.295. The predicted molar refractivity (Wildman–Crippen MR) is 96.5 cm³/mol. The first-order valence-electron chi connectivity index (χ1n) is 8.04. The molecule has 0 aliphatic heterocycles. The number of rotatable bonds is 3. The normalized spacial score (nSPS) is 10.9. The van der Waals surface area contributed by atoms with Crippen LogP contribution in [0.4, 0.5) is 10.1 Å². The third kappa shape index (κ3) is 2.97. The topological polar surface area (TPSA) is 90.0 Å². The van der Waals surface area contributed by atoms with Crippen LogP contribution in [-0.4, -0.2) is 20.4 Å². The molecular formula is C19H13FN4O3. The molecular weight excluding hydrogens is 351 g/mol. The molecule has 0 spiro atoms. The summed E-state index contributed by atoms with van der Waals surface area (Å²) >= 11 is 0. The minimum atomic E-state index is -0.639. The van der Waals surface area contributed by atoms with Gasteiger partial charge in [0.2, 0.25) is 0 Å². The maximum Gasteiger partial charge on any atom is 0.291 e. The quantitative estimate of drug-likeness (QED) is 0.603. The lowest BCUT2D eigenvalue weighted by Crippen LogP contribution is -2.23. The molecule has 0 fully saturated rings. The fraction of sp³-hybridized carbons (Fsp3) is 0.0526. The van der Waals surface area contributed by atoms with E-state index < -0.39 is 11.7 Å². The first-order chi connectivity index (χ1) is 13.0. The summed E-state index contributed by atoms with van der Waals surface area (Å²) in [6, 6.07) is 10.3. The Morgan fingerprint density at radius 2 is 2.07 bits per heavy atom. The van der Waals surface area contributed by atoms with Gasteiger partial charge in [0.1, 0.15) is 11.6 Å². The van der Waals surface area contributed by atoms with E-state index >= 15 is 0 Å². The van der Waals surface area contributed by atoms with E-state index in [1.54, 1.807) is 31.3 Å². The molecule has 0 saturated heterocycles. The lowest BCUT2D eigenvalue weighted by Gasteiger charge is -2.12. The van der Waals surface area contributed by atoms with Gasteiger partial charge in [-0.25, -0.2) is 14.4 Å². The summed E-state index contributed by atoms with van der Waals surface area (Å²) in [7, 11) is 0. The predicted octanol–water partition coefficient (Wildman–Crippen LogP) is 3.07. The molecule has 0 unspecified atom stereocenters. The molecule has 4 rings (SSSR count). The molecule has 134 valence electrons. The molecule has 0 saturated carbocycles. The number of anilines is 1. The van der Waals surface area contributed by atoms with Crippen molar-refractivity contribution in [3.8, 4) is 5.69 Å². The van der Waals surface area contributed by atoms with Crippen LogP contribution in [0.5, 0.6) is 0 Å². The van der Waals surface area contributed by atoms with Crippen molar-refractivity contribution < 1.29 is 13.6 Å². The monoisotopic (exact) mass is 364 g/mol. The standard InChI is InChI=1S/C19H13FN4O3/c1-11-22-17-13(4-2-8-21-17)19(26)24(11)12-6-7-14(20)15(10-12)23-18(25)16-5-3-9-27-16/h2-10H,1H3,(H,23,25). The average molecular weight is 364 g/mol. The van der Waals surface area contributed by atoms with Crippen molar-refractivity contribution >= 4 is 22.6 Å². The number of pyridine rings is 1. The Hall–Kier alpha value is -3.81. The zero-order chi connectivity index (χ0) is 19.0. The van der Waals surface area contributed by atoms with E-state index in [1.807, 2.05) is 0 Å². The summed E-state index contributed by atoms with van der Waals surface area (Å²) in [6.07, 6.45) is 2.90. The largest absolute Gasteiger partial charge is 0.459 e. The van der Waals surface area contributed by atoms with Gasteiger partial charge in [0.05, 0.1) is 23.0 Å². The van der Waals surface area contributed by atoms with Crippen molar-refractivity contribution in [1.82, 2.24) is 14.5 Å². The van der Waals surface area contributed by atoms with E-state index in [0.717, 1.165) is 0 Å². The smallest absolute Gasteiger partial charge is 0.291 e. The van der Waals surface area contributed by atoms with E-state index in [4.69, 9.17) is 4.42 Å². The highest BCUT2D eigenvalue weighted by Gasteiger charge is 2.15. The van der Waals surface area contributed by atoms with Gasteiger partial charge in [-0.1, -0.05) is 0 Å². The van der Waals surface area contributed by atoms with Crippen LogP contribution in [0.2, 0.25) is 0 Å². The van der Waals surface area contributed by atoms with E-state index in [9.17, 15) is 14.0 Å². The summed E-state index contributed by atoms with van der Waals surface area (Å²) in [5.74, 6) is -0.798. The highest BCUT2D eigenvalue weighted by Crippen LogP contribution is 2.20. The zero-order valence-corrected chi connectivity index (χ0v) is 14.1. The first-order valence-corrected chi connectivity index (χ1v) is 8.04. The second-order valence-corrected chi connectivity index (χ2v) is 5.77. The molecule has 0 atom stereocenters. The van der Waals surface area contributed by atoms with Crippen LogP contribution >= 0.6 is 0 Å². The van der Waals surface area contributed by atoms with Crippen molar-refractivity contribution in [3.05, 3.63) is 82.7 Å². The molecule has 3 aromatic heterocycles. The number of aromatic nitrogens is 3. The van der Waals surface area contributed by atoms with E-state index in [0.29, 0.717) is 22.5 Å². The number of halogens is 1. The molecule has 1 N–H and O–H groups in total. The Kier molecular flexibility index (Phi) is 4.00. The van der Waals surface area contributed by atoms with Crippen LogP contribution < -0.4 is 10.9 Å². The number of hydrogen-bond acceptors (Lipinski definition) is 5. The molecule has 4 aromatic rings. The lowest BCUT2D eigenvalue weighted by molar-refractivity contribution is 0.0996. The van der Waals surface area contributed by atoms with E-state index in [2.05, 4.69) is 15.3 Å². The zero-order valence-electron chi connectivity index (χ0n) is 14.1. The molecule has 0 bridgehead atoms. The van der Waals surface area contributed by atoms with Gasteiger partial charge in [-0.2, -0.15) is 0 Å². The summed E-state index contributed by atoms with van der Waals surface area (Å²) in [4.78, 5) is 33.4. The molecule has 27 heavy (non-hydrogen) atoms. The molecule has 1 amide bonds. The fourth-order valence-corrected chi connectivity index (χ4v) is 2.77. The van der Waals surface area contributed by atoms with Crippen molar-refractivity contribution in [2.75, 3.05) is 5.32 Å². The van der Waals surface area contributed by atoms with Crippen molar-refractivity contribution in [3.63, 3.8) is 0 Å². The van der Waals surface area contributed by atoms with Gasteiger partial charge < -0.3 is 9.73 Å². The molecule has 1 aromatic carbocycles. The van der Waals surface area contributed by atoms with Gasteiger partial charge in [-0.15, -0.1) is 0 Å². The highest BCUT2D eigenvalue weighted by molar-refractivity contribution is 6.02. The third-order valence-corrected chi connectivity index (χ3v) is 4.01. The van der Waals surface area contributed by atoms with E-state index in [-0.39, 0.29) is 17.0 Å². The summed E-state index contributed by atoms with van der Waals surface area (Å²) < 4.78 is 20.5. The second kappa shape index (κ2) is 6.49. The number of nitrogens with one attached hydrogen (secondary N) is 1. The number of hydrogen-bond donors (Lipinski definition) is 1. The minimum absolute atomic E-state index is 0.0478. The van der Waals surface area contributed by atoms with Crippen molar-refractivity contribution in [2.24, 2.45) is 0 Å². The number of carbonyl (C=O) groups is 1. The van der Waals surface area contributed by atoms with E-state index in [1.165, 1.54) is 35.1 Å². The molecule has 3 heterocycles. The Morgan fingerprint density at radius 1 is 1.22 bits per heavy atom. The van der Waals surface area contributed by atoms with Crippen LogP contribution in [0.25, 0.3) is 16.7 Å². The Labute approximate surface area is 152 Å². The molecule has 0 aliphatic rings. The van der Waals surface area contributed by atoms with Crippen LogP contribution in [-0.2, 0) is 0 Å². The number of amides is 1. The number of nitrogens with zero attached hydrogens (tertiary/aromatic N) is 3. The first kappa shape index (κ1) is 16.6. The Morgan fingerprint density at radius 3 is 2.85 bits per heavy atom. The molecule has 0 radical (unpaired) electrons. The maximum absolute atomic E-state index is 14.2. The third-order valence-electron chi connectivity index (χ3n) is 4.01. The van der Waals surface area contributed by atoms with Crippen molar-refractivity contribution in [2.45, 2.75) is 6.92 Å². The number of furan rings is 1. The van der Waals surface area contributed by atoms with Gasteiger partial charge in [0.15, 0.2) is 11.4 Å². The van der Waals surface area contributed by atoms with Crippen LogP contribution in [0.1, 0.15) is 16.4 Å². The summed E-state index contributed by atoms with van der Waals surface area (Å²) in [6.45, 7) is 1.65. The molecule has 0 aliphatic carbocycles. The van der Waals surface area contributed by atoms with Gasteiger partial charge in [-0.05, 0) is 49.4 Å². The summed E-state index contributed by atoms with van der Waals surface area (Å²) in [5, 5.41) is 2.78. The number of aryl methyl sites for hydroxylation is 1.